The Balaban J connectivity index is 2.03. The SMILES string of the molecule is CCNC(C#N)CCN1CCN(C)c2ccccc21. The molecule has 0 fully saturated rings. The number of nitrogens with zero attached hydrogens (tertiary/aromatic N) is 3. The third kappa shape index (κ3) is 3.18. The van der Waals surface area contributed by atoms with Crippen molar-refractivity contribution in [3.63, 3.8) is 0 Å². The van der Waals surface area contributed by atoms with Crippen LogP contribution in [0.25, 0.3) is 0 Å². The van der Waals surface area contributed by atoms with Gasteiger partial charge >= 0.3 is 0 Å². The van der Waals surface area contributed by atoms with Crippen LogP contribution in [0.1, 0.15) is 13.3 Å². The molecular formula is C15H22N4. The zero-order valence-corrected chi connectivity index (χ0v) is 11.8. The third-order valence-electron chi connectivity index (χ3n) is 3.63. The summed E-state index contributed by atoms with van der Waals surface area (Å²) in [5, 5.41) is 12.3. The molecule has 1 aliphatic heterocycles. The van der Waals surface area contributed by atoms with E-state index in [1.54, 1.807) is 0 Å². The number of nitriles is 1. The van der Waals surface area contributed by atoms with Crippen molar-refractivity contribution in [2.75, 3.05) is 43.0 Å². The molecule has 4 heteroatoms. The lowest BCUT2D eigenvalue weighted by molar-refractivity contribution is 0.570. The Hall–Kier alpha value is -1.73. The molecule has 102 valence electrons. The summed E-state index contributed by atoms with van der Waals surface area (Å²) in [5.41, 5.74) is 2.56. The first-order chi connectivity index (χ1) is 9.26. The summed E-state index contributed by atoms with van der Waals surface area (Å²) in [6.07, 6.45) is 0.863. The number of nitrogens with one attached hydrogen (secondary N) is 1. The Morgan fingerprint density at radius 3 is 2.74 bits per heavy atom. The molecule has 19 heavy (non-hydrogen) atoms. The number of fused-ring (bicyclic) bond motifs is 1. The van der Waals surface area contributed by atoms with Gasteiger partial charge in [0.25, 0.3) is 0 Å². The topological polar surface area (TPSA) is 42.3 Å². The quantitative estimate of drug-likeness (QED) is 0.875. The first-order valence-electron chi connectivity index (χ1n) is 6.94. The average molecular weight is 258 g/mol. The lowest BCUT2D eigenvalue weighted by Crippen LogP contribution is -2.41. The van der Waals surface area contributed by atoms with E-state index in [2.05, 4.69) is 52.5 Å². The van der Waals surface area contributed by atoms with Crippen LogP contribution in [0, 0.1) is 11.3 Å². The highest BCUT2D eigenvalue weighted by molar-refractivity contribution is 5.73. The van der Waals surface area contributed by atoms with E-state index < -0.39 is 0 Å². The van der Waals surface area contributed by atoms with Crippen molar-refractivity contribution in [2.45, 2.75) is 19.4 Å². The highest BCUT2D eigenvalue weighted by Gasteiger charge is 2.20. The fourth-order valence-corrected chi connectivity index (χ4v) is 2.54. The van der Waals surface area contributed by atoms with Gasteiger partial charge in [-0.05, 0) is 25.1 Å². The maximum atomic E-state index is 9.08. The van der Waals surface area contributed by atoms with Crippen LogP contribution in [-0.2, 0) is 0 Å². The van der Waals surface area contributed by atoms with Crippen LogP contribution < -0.4 is 15.1 Å². The van der Waals surface area contributed by atoms with Crippen LogP contribution in [0.4, 0.5) is 11.4 Å². The minimum atomic E-state index is -0.0446. The molecule has 1 aliphatic rings. The van der Waals surface area contributed by atoms with Gasteiger partial charge in [0.15, 0.2) is 0 Å². The second kappa shape index (κ2) is 6.44. The number of hydrogen-bond acceptors (Lipinski definition) is 4. The van der Waals surface area contributed by atoms with Crippen LogP contribution >= 0.6 is 0 Å². The molecule has 0 bridgehead atoms. The molecule has 2 rings (SSSR count). The Kier molecular flexibility index (Phi) is 4.64. The molecule has 0 saturated carbocycles. The lowest BCUT2D eigenvalue weighted by atomic mass is 10.1. The van der Waals surface area contributed by atoms with Crippen molar-refractivity contribution >= 4 is 11.4 Å². The van der Waals surface area contributed by atoms with E-state index in [4.69, 9.17) is 5.26 Å². The van der Waals surface area contributed by atoms with Crippen molar-refractivity contribution < 1.29 is 0 Å². The molecule has 0 saturated heterocycles. The Bertz CT molecular complexity index is 452. The third-order valence-corrected chi connectivity index (χ3v) is 3.63. The number of benzene rings is 1. The standard InChI is InChI=1S/C15H22N4/c1-3-17-13(12-16)8-9-19-11-10-18(2)14-6-4-5-7-15(14)19/h4-7,13,17H,3,8-11H2,1-2H3. The first-order valence-corrected chi connectivity index (χ1v) is 6.94. The van der Waals surface area contributed by atoms with Crippen molar-refractivity contribution in [1.29, 1.82) is 5.26 Å². The highest BCUT2D eigenvalue weighted by Crippen LogP contribution is 2.31. The number of rotatable bonds is 5. The molecule has 0 aliphatic carbocycles. The van der Waals surface area contributed by atoms with E-state index in [0.29, 0.717) is 0 Å². The molecule has 1 atom stereocenters. The van der Waals surface area contributed by atoms with Crippen molar-refractivity contribution in [2.24, 2.45) is 0 Å². The van der Waals surface area contributed by atoms with Crippen molar-refractivity contribution in [3.8, 4) is 6.07 Å². The fourth-order valence-electron chi connectivity index (χ4n) is 2.54. The molecular weight excluding hydrogens is 236 g/mol. The molecule has 1 aromatic rings. The van der Waals surface area contributed by atoms with Gasteiger partial charge in [-0.3, -0.25) is 0 Å². The van der Waals surface area contributed by atoms with Crippen LogP contribution in [-0.4, -0.2) is 39.3 Å². The minimum absolute atomic E-state index is 0.0446. The molecule has 0 aromatic heterocycles. The first kappa shape index (κ1) is 13.7. The molecule has 1 heterocycles. The normalized spacial score (nSPS) is 15.8. The monoisotopic (exact) mass is 258 g/mol. The predicted octanol–water partition coefficient (Wildman–Crippen LogP) is 1.83. The minimum Gasteiger partial charge on any atom is -0.371 e. The van der Waals surface area contributed by atoms with Crippen LogP contribution in [0.2, 0.25) is 0 Å². The van der Waals surface area contributed by atoms with Gasteiger partial charge in [-0.25, -0.2) is 0 Å². The van der Waals surface area contributed by atoms with E-state index in [0.717, 1.165) is 32.6 Å². The maximum Gasteiger partial charge on any atom is 0.0969 e. The van der Waals surface area contributed by atoms with Crippen LogP contribution in [0.15, 0.2) is 24.3 Å². The summed E-state index contributed by atoms with van der Waals surface area (Å²) < 4.78 is 0. The Morgan fingerprint density at radius 2 is 2.05 bits per heavy atom. The summed E-state index contributed by atoms with van der Waals surface area (Å²) in [4.78, 5) is 4.68. The molecule has 1 N–H and O–H groups in total. The summed E-state index contributed by atoms with van der Waals surface area (Å²) in [5.74, 6) is 0. The summed E-state index contributed by atoms with van der Waals surface area (Å²) in [6, 6.07) is 10.8. The predicted molar refractivity (Wildman–Crippen MR) is 79.6 cm³/mol. The Labute approximate surface area is 115 Å². The highest BCUT2D eigenvalue weighted by atomic mass is 15.2. The van der Waals surface area contributed by atoms with Gasteiger partial charge in [0.05, 0.1) is 23.5 Å². The van der Waals surface area contributed by atoms with E-state index in [1.165, 1.54) is 11.4 Å². The van der Waals surface area contributed by atoms with Gasteiger partial charge < -0.3 is 15.1 Å². The molecule has 1 unspecified atom stereocenters. The fraction of sp³-hybridized carbons (Fsp3) is 0.533. The van der Waals surface area contributed by atoms with Gasteiger partial charge in [0.2, 0.25) is 0 Å². The number of para-hydroxylation sites is 2. The van der Waals surface area contributed by atoms with Crippen molar-refractivity contribution in [3.05, 3.63) is 24.3 Å². The molecule has 0 radical (unpaired) electrons. The van der Waals surface area contributed by atoms with Crippen molar-refractivity contribution in [1.82, 2.24) is 5.32 Å². The number of likely N-dealkylation sites (N-methyl/N-ethyl adjacent to an activating group) is 1. The number of hydrogen-bond donors (Lipinski definition) is 1. The average Bonchev–Trinajstić information content (AvgIpc) is 2.45. The largest absolute Gasteiger partial charge is 0.371 e. The molecule has 4 nitrogen and oxygen atoms in total. The van der Waals surface area contributed by atoms with Crippen LogP contribution in [0.5, 0.6) is 0 Å². The summed E-state index contributed by atoms with van der Waals surface area (Å²) in [6.45, 7) is 5.87. The van der Waals surface area contributed by atoms with E-state index in [9.17, 15) is 0 Å². The molecule has 1 aromatic carbocycles. The van der Waals surface area contributed by atoms with Crippen LogP contribution in [0.3, 0.4) is 0 Å². The smallest absolute Gasteiger partial charge is 0.0969 e. The summed E-state index contributed by atoms with van der Waals surface area (Å²) >= 11 is 0. The lowest BCUT2D eigenvalue weighted by Gasteiger charge is -2.37. The Morgan fingerprint density at radius 1 is 1.32 bits per heavy atom. The van der Waals surface area contributed by atoms with Gasteiger partial charge in [0, 0.05) is 26.7 Å². The zero-order chi connectivity index (χ0) is 13.7. The maximum absolute atomic E-state index is 9.08. The molecule has 0 amide bonds. The van der Waals surface area contributed by atoms with Gasteiger partial charge in [0.1, 0.15) is 0 Å². The number of anilines is 2. The second-order valence-electron chi connectivity index (χ2n) is 4.93. The van der Waals surface area contributed by atoms with Gasteiger partial charge in [-0.2, -0.15) is 5.26 Å². The van der Waals surface area contributed by atoms with Gasteiger partial charge in [-0.1, -0.05) is 19.1 Å². The van der Waals surface area contributed by atoms with E-state index in [-0.39, 0.29) is 6.04 Å². The molecule has 0 spiro atoms. The summed E-state index contributed by atoms with van der Waals surface area (Å²) in [7, 11) is 2.13. The second-order valence-corrected chi connectivity index (χ2v) is 4.93. The van der Waals surface area contributed by atoms with E-state index in [1.807, 2.05) is 6.92 Å². The van der Waals surface area contributed by atoms with Gasteiger partial charge in [-0.15, -0.1) is 0 Å². The zero-order valence-electron chi connectivity index (χ0n) is 11.8. The van der Waals surface area contributed by atoms with E-state index >= 15 is 0 Å².